The van der Waals surface area contributed by atoms with Crippen LogP contribution in [0.15, 0.2) is 24.3 Å². The van der Waals surface area contributed by atoms with E-state index in [2.05, 4.69) is 59.9 Å². The molecule has 0 saturated heterocycles. The quantitative estimate of drug-likeness (QED) is 0.585. The van der Waals surface area contributed by atoms with Crippen LogP contribution in [0.4, 0.5) is 5.82 Å². The maximum atomic E-state index is 9.71. The van der Waals surface area contributed by atoms with Crippen LogP contribution < -0.4 is 10.5 Å². The Labute approximate surface area is 183 Å². The lowest BCUT2D eigenvalue weighted by Gasteiger charge is -2.32. The molecule has 31 heavy (non-hydrogen) atoms. The number of anilines is 1. The number of ether oxygens (including phenoxy) is 1. The van der Waals surface area contributed by atoms with E-state index in [1.54, 1.807) is 6.07 Å². The second kappa shape index (κ2) is 8.94. The first kappa shape index (κ1) is 21.1. The number of benzene rings is 1. The zero-order chi connectivity index (χ0) is 22.0. The largest absolute Gasteiger partial charge is 0.463 e. The summed E-state index contributed by atoms with van der Waals surface area (Å²) in [5, 5.41) is 10.4. The lowest BCUT2D eigenvalue weighted by atomic mass is 9.96. The van der Waals surface area contributed by atoms with Gasteiger partial charge in [0, 0.05) is 19.1 Å². The molecule has 1 aromatic carbocycles. The molecule has 0 bridgehead atoms. The topological polar surface area (TPSA) is 93.0 Å². The van der Waals surface area contributed by atoms with Crippen molar-refractivity contribution in [2.75, 3.05) is 18.9 Å². The molecule has 0 radical (unpaired) electrons. The zero-order valence-electron chi connectivity index (χ0n) is 18.6. The average Bonchev–Trinajstić information content (AvgIpc) is 3.11. The Balaban J connectivity index is 1.65. The van der Waals surface area contributed by atoms with Crippen molar-refractivity contribution in [1.29, 1.82) is 5.26 Å². The highest BCUT2D eigenvalue weighted by Crippen LogP contribution is 2.27. The van der Waals surface area contributed by atoms with Crippen LogP contribution in [0.5, 0.6) is 6.01 Å². The minimum atomic E-state index is 0.265. The maximum Gasteiger partial charge on any atom is 0.320 e. The van der Waals surface area contributed by atoms with Gasteiger partial charge >= 0.3 is 6.01 Å². The summed E-state index contributed by atoms with van der Waals surface area (Å²) in [5.41, 5.74) is 11.2. The van der Waals surface area contributed by atoms with Crippen molar-refractivity contribution in [3.05, 3.63) is 46.6 Å². The summed E-state index contributed by atoms with van der Waals surface area (Å²) in [4.78, 5) is 11.3. The number of nitrogens with two attached hydrogens (primary N) is 1. The van der Waals surface area contributed by atoms with Crippen molar-refractivity contribution < 1.29 is 4.74 Å². The predicted molar refractivity (Wildman–Crippen MR) is 122 cm³/mol. The smallest absolute Gasteiger partial charge is 0.320 e. The Hall–Kier alpha value is -3.11. The molecular weight excluding hydrogens is 388 g/mol. The SMILES string of the molecule is CCCCOc1nc(N)c2cc(C#N)n(Cc3ccc4c(c3)CCN(C(C)C)C4)c2n1. The third-order valence-corrected chi connectivity index (χ3v) is 5.99. The van der Waals surface area contributed by atoms with Crippen LogP contribution in [0.1, 0.15) is 56.0 Å². The van der Waals surface area contributed by atoms with Crippen molar-refractivity contribution in [3.63, 3.8) is 0 Å². The molecule has 0 unspecified atom stereocenters. The summed E-state index contributed by atoms with van der Waals surface area (Å²) in [6, 6.07) is 11.5. The molecule has 0 spiro atoms. The molecular formula is C24H30N6O. The summed E-state index contributed by atoms with van der Waals surface area (Å²) in [7, 11) is 0. The van der Waals surface area contributed by atoms with E-state index in [0.717, 1.165) is 37.9 Å². The number of aromatic nitrogens is 3. The van der Waals surface area contributed by atoms with E-state index in [9.17, 15) is 5.26 Å². The lowest BCUT2D eigenvalue weighted by Crippen LogP contribution is -2.35. The molecule has 7 nitrogen and oxygen atoms in total. The van der Waals surface area contributed by atoms with Crippen LogP contribution in [-0.2, 0) is 19.5 Å². The van der Waals surface area contributed by atoms with E-state index in [1.807, 2.05) is 4.57 Å². The predicted octanol–water partition coefficient (Wildman–Crippen LogP) is 3.88. The van der Waals surface area contributed by atoms with Gasteiger partial charge in [-0.25, -0.2) is 0 Å². The Morgan fingerprint density at radius 2 is 2.06 bits per heavy atom. The molecule has 0 aliphatic carbocycles. The minimum Gasteiger partial charge on any atom is -0.463 e. The van der Waals surface area contributed by atoms with E-state index in [0.29, 0.717) is 41.7 Å². The van der Waals surface area contributed by atoms with Gasteiger partial charge in [0.1, 0.15) is 17.6 Å². The maximum absolute atomic E-state index is 9.71. The average molecular weight is 419 g/mol. The van der Waals surface area contributed by atoms with E-state index >= 15 is 0 Å². The molecule has 4 rings (SSSR count). The summed E-state index contributed by atoms with van der Waals surface area (Å²) >= 11 is 0. The first-order chi connectivity index (χ1) is 15.0. The Kier molecular flexibility index (Phi) is 6.10. The third-order valence-electron chi connectivity index (χ3n) is 5.99. The summed E-state index contributed by atoms with van der Waals surface area (Å²) in [6.45, 7) is 9.76. The first-order valence-corrected chi connectivity index (χ1v) is 11.0. The van der Waals surface area contributed by atoms with E-state index in [1.165, 1.54) is 11.1 Å². The molecule has 0 fully saturated rings. The van der Waals surface area contributed by atoms with Gasteiger partial charge < -0.3 is 15.0 Å². The molecule has 1 aliphatic heterocycles. The summed E-state index contributed by atoms with van der Waals surface area (Å²) in [5.74, 6) is 0.339. The van der Waals surface area contributed by atoms with Crippen LogP contribution in [0, 0.1) is 11.3 Å². The number of hydrogen-bond donors (Lipinski definition) is 1. The van der Waals surface area contributed by atoms with E-state index in [4.69, 9.17) is 10.5 Å². The molecule has 1 aliphatic rings. The number of nitrogens with zero attached hydrogens (tertiary/aromatic N) is 5. The molecule has 7 heteroatoms. The second-order valence-electron chi connectivity index (χ2n) is 8.48. The molecule has 3 heterocycles. The highest BCUT2D eigenvalue weighted by atomic mass is 16.5. The van der Waals surface area contributed by atoms with Gasteiger partial charge in [-0.3, -0.25) is 4.90 Å². The van der Waals surface area contributed by atoms with Gasteiger partial charge in [-0.2, -0.15) is 15.2 Å². The fourth-order valence-corrected chi connectivity index (χ4v) is 4.10. The van der Waals surface area contributed by atoms with Crippen LogP contribution in [0.3, 0.4) is 0 Å². The van der Waals surface area contributed by atoms with Crippen LogP contribution in [0.25, 0.3) is 11.0 Å². The number of nitriles is 1. The Bertz CT molecular complexity index is 1130. The van der Waals surface area contributed by atoms with Gasteiger partial charge in [0.25, 0.3) is 0 Å². The van der Waals surface area contributed by atoms with Gasteiger partial charge in [-0.1, -0.05) is 31.5 Å². The lowest BCUT2D eigenvalue weighted by molar-refractivity contribution is 0.203. The van der Waals surface area contributed by atoms with Crippen LogP contribution >= 0.6 is 0 Å². The van der Waals surface area contributed by atoms with Gasteiger partial charge in [-0.15, -0.1) is 0 Å². The van der Waals surface area contributed by atoms with Crippen LogP contribution in [0.2, 0.25) is 0 Å². The van der Waals surface area contributed by atoms with E-state index < -0.39 is 0 Å². The van der Waals surface area contributed by atoms with E-state index in [-0.39, 0.29) is 6.01 Å². The zero-order valence-corrected chi connectivity index (χ0v) is 18.6. The van der Waals surface area contributed by atoms with Gasteiger partial charge in [0.05, 0.1) is 18.5 Å². The molecule has 0 saturated carbocycles. The molecule has 0 atom stereocenters. The number of unbranched alkanes of at least 4 members (excludes halogenated alkanes) is 1. The fraction of sp³-hybridized carbons (Fsp3) is 0.458. The normalized spacial score (nSPS) is 14.0. The Morgan fingerprint density at radius 3 is 2.81 bits per heavy atom. The molecule has 0 amide bonds. The van der Waals surface area contributed by atoms with Crippen molar-refractivity contribution in [3.8, 4) is 12.1 Å². The van der Waals surface area contributed by atoms with Crippen molar-refractivity contribution in [2.24, 2.45) is 0 Å². The van der Waals surface area contributed by atoms with Crippen molar-refractivity contribution in [2.45, 2.75) is 59.2 Å². The van der Waals surface area contributed by atoms with Crippen molar-refractivity contribution >= 4 is 16.9 Å². The molecule has 3 aromatic rings. The monoisotopic (exact) mass is 418 g/mol. The third kappa shape index (κ3) is 4.35. The van der Waals surface area contributed by atoms with Crippen LogP contribution in [-0.4, -0.2) is 38.6 Å². The molecule has 2 N–H and O–H groups in total. The van der Waals surface area contributed by atoms with Gasteiger partial charge in [0.15, 0.2) is 5.65 Å². The Morgan fingerprint density at radius 1 is 1.23 bits per heavy atom. The molecule has 162 valence electrons. The standard InChI is InChI=1S/C24H30N6O/c1-4-5-10-31-24-27-22(26)21-12-20(13-25)30(23(21)28-24)14-17-6-7-19-15-29(16(2)3)9-8-18(19)11-17/h6-7,11-12,16H,4-5,8-10,14-15H2,1-3H3,(H2,26,27,28). The first-order valence-electron chi connectivity index (χ1n) is 11.0. The highest BCUT2D eigenvalue weighted by molar-refractivity contribution is 5.88. The summed E-state index contributed by atoms with van der Waals surface area (Å²) in [6.07, 6.45) is 3.00. The van der Waals surface area contributed by atoms with Crippen molar-refractivity contribution in [1.82, 2.24) is 19.4 Å². The highest BCUT2D eigenvalue weighted by Gasteiger charge is 2.20. The number of rotatable bonds is 7. The van der Waals surface area contributed by atoms with Gasteiger partial charge in [-0.05, 0) is 49.4 Å². The minimum absolute atomic E-state index is 0.265. The van der Waals surface area contributed by atoms with Gasteiger partial charge in [0.2, 0.25) is 0 Å². The summed E-state index contributed by atoms with van der Waals surface area (Å²) < 4.78 is 7.59. The number of fused-ring (bicyclic) bond motifs is 2. The number of nitrogen functional groups attached to an aromatic ring is 1. The number of hydrogen-bond acceptors (Lipinski definition) is 6. The fourth-order valence-electron chi connectivity index (χ4n) is 4.10. The molecule has 2 aromatic heterocycles. The second-order valence-corrected chi connectivity index (χ2v) is 8.48.